The molecule has 0 aliphatic carbocycles. The fraction of sp³-hybridized carbons (Fsp3) is 0.333. The number of quaternary nitrogens is 2. The molecular weight excluding hydrogens is 381 g/mol. The Kier molecular flexibility index (Phi) is 7.00. The van der Waals surface area contributed by atoms with Crippen molar-refractivity contribution in [1.82, 2.24) is 5.43 Å². The lowest BCUT2D eigenvalue weighted by Gasteiger charge is -2.29. The van der Waals surface area contributed by atoms with Gasteiger partial charge in [0.15, 0.2) is 6.54 Å². The van der Waals surface area contributed by atoms with Crippen molar-refractivity contribution >= 4 is 12.1 Å². The smallest absolute Gasteiger partial charge is 0.322 e. The van der Waals surface area contributed by atoms with Crippen LogP contribution in [0.5, 0.6) is 0 Å². The van der Waals surface area contributed by atoms with Crippen LogP contribution in [0, 0.1) is 0 Å². The Morgan fingerprint density at radius 2 is 1.59 bits per heavy atom. The summed E-state index contributed by atoms with van der Waals surface area (Å²) >= 11 is 0. The first-order valence-corrected chi connectivity index (χ1v) is 9.60. The second-order valence-electron chi connectivity index (χ2n) is 7.25. The highest BCUT2D eigenvalue weighted by atomic mass is 19.4. The van der Waals surface area contributed by atoms with Crippen LogP contribution in [0.2, 0.25) is 0 Å². The van der Waals surface area contributed by atoms with Crippen molar-refractivity contribution in [1.29, 1.82) is 0 Å². The predicted octanol–water partition coefficient (Wildman–Crippen LogP) is 0.139. The molecule has 29 heavy (non-hydrogen) atoms. The first kappa shape index (κ1) is 21.0. The van der Waals surface area contributed by atoms with Gasteiger partial charge >= 0.3 is 6.18 Å². The fourth-order valence-corrected chi connectivity index (χ4v) is 3.40. The highest BCUT2D eigenvalue weighted by molar-refractivity contribution is 5.82. The molecule has 3 N–H and O–H groups in total. The van der Waals surface area contributed by atoms with Gasteiger partial charge in [0.25, 0.3) is 5.91 Å². The second-order valence-corrected chi connectivity index (χ2v) is 7.25. The molecular formula is C21H25F3N4O+2. The normalized spacial score (nSPS) is 20.0. The number of halogens is 3. The minimum absolute atomic E-state index is 0.199. The highest BCUT2D eigenvalue weighted by Gasteiger charge is 2.29. The maximum atomic E-state index is 12.5. The lowest BCUT2D eigenvalue weighted by Crippen LogP contribution is -3.28. The molecule has 0 atom stereocenters. The molecule has 1 saturated heterocycles. The van der Waals surface area contributed by atoms with Crippen molar-refractivity contribution in [2.75, 3.05) is 32.7 Å². The number of hydrogen-bond acceptors (Lipinski definition) is 2. The fourth-order valence-electron chi connectivity index (χ4n) is 3.40. The number of piperazine rings is 1. The van der Waals surface area contributed by atoms with Crippen LogP contribution in [0.15, 0.2) is 59.7 Å². The van der Waals surface area contributed by atoms with Gasteiger partial charge in [-0.05, 0) is 17.7 Å². The lowest BCUT2D eigenvalue weighted by atomic mass is 10.1. The van der Waals surface area contributed by atoms with E-state index in [0.29, 0.717) is 12.1 Å². The largest absolute Gasteiger partial charge is 0.416 e. The molecule has 1 fully saturated rings. The standard InChI is InChI=1S/C21H23F3N4O/c22-21(23,24)19-8-6-17(7-9-19)14-25-26-20(29)16-28-12-10-27(11-13-28)15-18-4-2-1-3-5-18/h1-9,14H,10-13,15-16H2,(H,26,29)/p+2. The number of nitrogens with one attached hydrogen (secondary N) is 3. The number of carbonyl (C=O) groups excluding carboxylic acids is 1. The Morgan fingerprint density at radius 1 is 0.966 bits per heavy atom. The van der Waals surface area contributed by atoms with Gasteiger partial charge in [-0.3, -0.25) is 4.79 Å². The van der Waals surface area contributed by atoms with Gasteiger partial charge < -0.3 is 9.80 Å². The maximum Gasteiger partial charge on any atom is 0.416 e. The molecule has 1 amide bonds. The number of carbonyl (C=O) groups is 1. The van der Waals surface area contributed by atoms with E-state index in [1.165, 1.54) is 33.7 Å². The summed E-state index contributed by atoms with van der Waals surface area (Å²) in [6.07, 6.45) is -3.02. The van der Waals surface area contributed by atoms with Crippen LogP contribution in [0.25, 0.3) is 0 Å². The zero-order valence-corrected chi connectivity index (χ0v) is 16.0. The van der Waals surface area contributed by atoms with Crippen LogP contribution < -0.4 is 15.2 Å². The molecule has 8 heteroatoms. The van der Waals surface area contributed by atoms with Gasteiger partial charge in [0.05, 0.1) is 11.8 Å². The maximum absolute atomic E-state index is 12.5. The van der Waals surface area contributed by atoms with Crippen LogP contribution in [0.1, 0.15) is 16.7 Å². The molecule has 1 aliphatic rings. The van der Waals surface area contributed by atoms with E-state index >= 15 is 0 Å². The summed E-state index contributed by atoms with van der Waals surface area (Å²) in [7, 11) is 0. The molecule has 0 unspecified atom stereocenters. The molecule has 1 aliphatic heterocycles. The first-order chi connectivity index (χ1) is 13.9. The number of hydrazone groups is 1. The van der Waals surface area contributed by atoms with Crippen molar-refractivity contribution in [2.45, 2.75) is 12.7 Å². The molecule has 2 aromatic carbocycles. The third kappa shape index (κ3) is 6.69. The Hall–Kier alpha value is -2.71. The van der Waals surface area contributed by atoms with Crippen molar-refractivity contribution in [2.24, 2.45) is 5.10 Å². The van der Waals surface area contributed by atoms with Crippen LogP contribution in [0.4, 0.5) is 13.2 Å². The van der Waals surface area contributed by atoms with Crippen molar-refractivity contribution < 1.29 is 27.8 Å². The van der Waals surface area contributed by atoms with Crippen molar-refractivity contribution in [3.63, 3.8) is 0 Å². The number of nitrogens with zero attached hydrogens (tertiary/aromatic N) is 1. The molecule has 5 nitrogen and oxygen atoms in total. The SMILES string of the molecule is O=C(C[NH+]1CC[NH+](Cc2ccccc2)CC1)NN=Cc1ccc(C(F)(F)F)cc1. The summed E-state index contributed by atoms with van der Waals surface area (Å²) in [6.45, 7) is 5.18. The quantitative estimate of drug-likeness (QED) is 0.464. The van der Waals surface area contributed by atoms with E-state index in [1.54, 1.807) is 0 Å². The predicted molar refractivity (Wildman–Crippen MR) is 104 cm³/mol. The van der Waals surface area contributed by atoms with E-state index in [4.69, 9.17) is 0 Å². The average molecular weight is 406 g/mol. The zero-order chi connectivity index (χ0) is 20.7. The Bertz CT molecular complexity index is 814. The van der Waals surface area contributed by atoms with Crippen LogP contribution in [-0.4, -0.2) is 44.8 Å². The number of alkyl halides is 3. The Labute approximate surface area is 167 Å². The summed E-state index contributed by atoms with van der Waals surface area (Å²) in [4.78, 5) is 14.8. The average Bonchev–Trinajstić information content (AvgIpc) is 2.70. The first-order valence-electron chi connectivity index (χ1n) is 9.60. The molecule has 0 aromatic heterocycles. The molecule has 2 aromatic rings. The minimum Gasteiger partial charge on any atom is -0.322 e. The Morgan fingerprint density at radius 3 is 2.21 bits per heavy atom. The zero-order valence-electron chi connectivity index (χ0n) is 16.0. The van der Waals surface area contributed by atoms with E-state index in [-0.39, 0.29) is 5.91 Å². The number of rotatable bonds is 6. The van der Waals surface area contributed by atoms with Crippen molar-refractivity contribution in [3.8, 4) is 0 Å². The second kappa shape index (κ2) is 9.67. The Balaban J connectivity index is 1.38. The lowest BCUT2D eigenvalue weighted by molar-refractivity contribution is -1.02. The molecule has 1 heterocycles. The molecule has 0 saturated carbocycles. The van der Waals surface area contributed by atoms with Gasteiger partial charge in [0, 0.05) is 5.56 Å². The molecule has 0 bridgehead atoms. The topological polar surface area (TPSA) is 50.3 Å². The monoisotopic (exact) mass is 406 g/mol. The number of amides is 1. The van der Waals surface area contributed by atoms with E-state index in [2.05, 4.69) is 22.7 Å². The summed E-state index contributed by atoms with van der Waals surface area (Å²) in [6, 6.07) is 15.0. The summed E-state index contributed by atoms with van der Waals surface area (Å²) in [5.74, 6) is -0.199. The van der Waals surface area contributed by atoms with Crippen molar-refractivity contribution in [3.05, 3.63) is 71.3 Å². The molecule has 3 rings (SSSR count). The van der Waals surface area contributed by atoms with Crippen LogP contribution in [-0.2, 0) is 17.5 Å². The van der Waals surface area contributed by atoms with Crippen LogP contribution in [0.3, 0.4) is 0 Å². The minimum atomic E-state index is -4.36. The van der Waals surface area contributed by atoms with E-state index in [1.807, 2.05) is 18.2 Å². The van der Waals surface area contributed by atoms with Gasteiger partial charge in [0.1, 0.15) is 32.7 Å². The molecule has 154 valence electrons. The molecule has 0 spiro atoms. The van der Waals surface area contributed by atoms with Gasteiger partial charge in [0.2, 0.25) is 0 Å². The van der Waals surface area contributed by atoms with E-state index in [0.717, 1.165) is 44.9 Å². The van der Waals surface area contributed by atoms with Gasteiger partial charge in [-0.2, -0.15) is 18.3 Å². The van der Waals surface area contributed by atoms with Gasteiger partial charge in [-0.25, -0.2) is 5.43 Å². The molecule has 0 radical (unpaired) electrons. The van der Waals surface area contributed by atoms with E-state index < -0.39 is 11.7 Å². The summed E-state index contributed by atoms with van der Waals surface area (Å²) < 4.78 is 37.6. The van der Waals surface area contributed by atoms with Gasteiger partial charge in [-0.15, -0.1) is 0 Å². The summed E-state index contributed by atoms with van der Waals surface area (Å²) in [5.41, 5.74) is 3.55. The third-order valence-corrected chi connectivity index (χ3v) is 5.01. The number of hydrogen-bond donors (Lipinski definition) is 3. The van der Waals surface area contributed by atoms with Gasteiger partial charge in [-0.1, -0.05) is 42.5 Å². The number of benzene rings is 2. The van der Waals surface area contributed by atoms with Crippen LogP contribution >= 0.6 is 0 Å². The highest BCUT2D eigenvalue weighted by Crippen LogP contribution is 2.28. The van der Waals surface area contributed by atoms with E-state index in [9.17, 15) is 18.0 Å². The third-order valence-electron chi connectivity index (χ3n) is 5.01. The summed E-state index contributed by atoms with van der Waals surface area (Å²) in [5, 5.41) is 3.85.